The first-order valence-corrected chi connectivity index (χ1v) is 6.11. The van der Waals surface area contributed by atoms with E-state index in [2.05, 4.69) is 32.7 Å². The van der Waals surface area contributed by atoms with Crippen LogP contribution in [0.1, 0.15) is 33.6 Å². The normalized spacial score (nSPS) is 12.9. The first-order chi connectivity index (χ1) is 7.90. The van der Waals surface area contributed by atoms with Crippen LogP contribution in [0.25, 0.3) is 0 Å². The maximum atomic E-state index is 11.8. The summed E-state index contributed by atoms with van der Waals surface area (Å²) in [6.07, 6.45) is 2.99. The van der Waals surface area contributed by atoms with Crippen molar-refractivity contribution in [2.45, 2.75) is 33.6 Å². The molecule has 0 aromatic heterocycles. The van der Waals surface area contributed by atoms with Crippen LogP contribution in [-0.2, 0) is 9.53 Å². The number of nitrogens with one attached hydrogen (secondary N) is 1. The van der Waals surface area contributed by atoms with E-state index in [-0.39, 0.29) is 17.2 Å². The summed E-state index contributed by atoms with van der Waals surface area (Å²) in [5.74, 6) is -0.0589. The maximum Gasteiger partial charge on any atom is 0.224 e. The predicted molar refractivity (Wildman–Crippen MR) is 70.4 cm³/mol. The molecule has 17 heavy (non-hydrogen) atoms. The fourth-order valence-electron chi connectivity index (χ4n) is 1.62. The van der Waals surface area contributed by atoms with Crippen LogP contribution in [0.4, 0.5) is 0 Å². The molecule has 3 N–H and O–H groups in total. The van der Waals surface area contributed by atoms with Crippen molar-refractivity contribution in [1.82, 2.24) is 5.32 Å². The molecule has 0 saturated heterocycles. The molecule has 0 rings (SSSR count). The lowest BCUT2D eigenvalue weighted by Gasteiger charge is -2.24. The number of amides is 1. The minimum absolute atomic E-state index is 0.0426. The van der Waals surface area contributed by atoms with E-state index < -0.39 is 0 Å². The monoisotopic (exact) mass is 242 g/mol. The summed E-state index contributed by atoms with van der Waals surface area (Å²) >= 11 is 0. The quantitative estimate of drug-likeness (QED) is 0.502. The highest BCUT2D eigenvalue weighted by molar-refractivity contribution is 5.78. The van der Waals surface area contributed by atoms with Gasteiger partial charge in [0.1, 0.15) is 0 Å². The van der Waals surface area contributed by atoms with Gasteiger partial charge in [0.15, 0.2) is 0 Å². The van der Waals surface area contributed by atoms with Crippen LogP contribution in [0.5, 0.6) is 0 Å². The number of carbonyl (C=O) groups is 1. The second-order valence-corrected chi connectivity index (χ2v) is 5.38. The standard InChI is InChI=1S/C13H26N2O2/c1-5-17-8-6-7-15-12(16)11(10-14)9-13(2,3)4/h5,11H,1,6-10,14H2,2-4H3,(H,15,16). The van der Waals surface area contributed by atoms with E-state index in [4.69, 9.17) is 10.5 Å². The van der Waals surface area contributed by atoms with Crippen LogP contribution < -0.4 is 11.1 Å². The molecular formula is C13H26N2O2. The van der Waals surface area contributed by atoms with E-state index >= 15 is 0 Å². The Kier molecular flexibility index (Phi) is 7.63. The Bertz CT molecular complexity index is 234. The summed E-state index contributed by atoms with van der Waals surface area (Å²) in [5.41, 5.74) is 5.75. The van der Waals surface area contributed by atoms with E-state index in [1.54, 1.807) is 0 Å². The summed E-state index contributed by atoms with van der Waals surface area (Å²) in [4.78, 5) is 11.8. The average molecular weight is 242 g/mol. The lowest BCUT2D eigenvalue weighted by Crippen LogP contribution is -2.37. The van der Waals surface area contributed by atoms with Crippen LogP contribution in [-0.4, -0.2) is 25.6 Å². The molecule has 4 heteroatoms. The lowest BCUT2D eigenvalue weighted by atomic mass is 9.84. The van der Waals surface area contributed by atoms with Gasteiger partial charge in [-0.05, 0) is 18.3 Å². The summed E-state index contributed by atoms with van der Waals surface area (Å²) in [5, 5.41) is 2.88. The zero-order valence-electron chi connectivity index (χ0n) is 11.3. The molecule has 0 heterocycles. The van der Waals surface area contributed by atoms with Crippen LogP contribution in [0, 0.1) is 11.3 Å². The fourth-order valence-corrected chi connectivity index (χ4v) is 1.62. The number of rotatable bonds is 8. The molecule has 0 aromatic rings. The largest absolute Gasteiger partial charge is 0.502 e. The van der Waals surface area contributed by atoms with Crippen molar-refractivity contribution in [1.29, 1.82) is 0 Å². The molecule has 0 aliphatic rings. The highest BCUT2D eigenvalue weighted by atomic mass is 16.5. The Hall–Kier alpha value is -1.03. The van der Waals surface area contributed by atoms with Crippen molar-refractivity contribution >= 4 is 5.91 Å². The van der Waals surface area contributed by atoms with Crippen molar-refractivity contribution in [3.63, 3.8) is 0 Å². The molecule has 0 aliphatic carbocycles. The van der Waals surface area contributed by atoms with Crippen molar-refractivity contribution in [2.24, 2.45) is 17.1 Å². The van der Waals surface area contributed by atoms with Gasteiger partial charge in [-0.1, -0.05) is 27.4 Å². The van der Waals surface area contributed by atoms with Gasteiger partial charge in [-0.15, -0.1) is 0 Å². The summed E-state index contributed by atoms with van der Waals surface area (Å²) in [6.45, 7) is 11.4. The van der Waals surface area contributed by atoms with Crippen molar-refractivity contribution in [3.8, 4) is 0 Å². The minimum Gasteiger partial charge on any atom is -0.502 e. The first kappa shape index (κ1) is 16.0. The Morgan fingerprint density at radius 2 is 2.18 bits per heavy atom. The third kappa shape index (κ3) is 8.74. The smallest absolute Gasteiger partial charge is 0.224 e. The Labute approximate surface area is 105 Å². The van der Waals surface area contributed by atoms with E-state index in [9.17, 15) is 4.79 Å². The summed E-state index contributed by atoms with van der Waals surface area (Å²) in [6, 6.07) is 0. The van der Waals surface area contributed by atoms with Crippen LogP contribution in [0.3, 0.4) is 0 Å². The van der Waals surface area contributed by atoms with Gasteiger partial charge < -0.3 is 15.8 Å². The number of carbonyl (C=O) groups excluding carboxylic acids is 1. The lowest BCUT2D eigenvalue weighted by molar-refractivity contribution is -0.125. The number of hydrogen-bond acceptors (Lipinski definition) is 3. The molecule has 0 radical (unpaired) electrons. The summed E-state index contributed by atoms with van der Waals surface area (Å²) < 4.78 is 4.97. The van der Waals surface area contributed by atoms with Crippen molar-refractivity contribution in [3.05, 3.63) is 12.8 Å². The fraction of sp³-hybridized carbons (Fsp3) is 0.769. The minimum atomic E-state index is -0.102. The van der Waals surface area contributed by atoms with Gasteiger partial charge in [0.2, 0.25) is 5.91 Å². The van der Waals surface area contributed by atoms with Crippen molar-refractivity contribution < 1.29 is 9.53 Å². The van der Waals surface area contributed by atoms with Crippen LogP contribution in [0.15, 0.2) is 12.8 Å². The van der Waals surface area contributed by atoms with Crippen molar-refractivity contribution in [2.75, 3.05) is 19.7 Å². The molecule has 1 atom stereocenters. The number of nitrogens with two attached hydrogens (primary N) is 1. The Balaban J connectivity index is 3.88. The second-order valence-electron chi connectivity index (χ2n) is 5.38. The predicted octanol–water partition coefficient (Wildman–Crippen LogP) is 1.66. The highest BCUT2D eigenvalue weighted by Crippen LogP contribution is 2.23. The molecule has 0 bridgehead atoms. The SMILES string of the molecule is C=COCCCNC(=O)C(CN)CC(C)(C)C. The number of hydrogen-bond donors (Lipinski definition) is 2. The third-order valence-electron chi connectivity index (χ3n) is 2.37. The highest BCUT2D eigenvalue weighted by Gasteiger charge is 2.23. The second kappa shape index (κ2) is 8.12. The zero-order valence-corrected chi connectivity index (χ0v) is 11.3. The third-order valence-corrected chi connectivity index (χ3v) is 2.37. The van der Waals surface area contributed by atoms with Crippen LogP contribution in [0.2, 0.25) is 0 Å². The van der Waals surface area contributed by atoms with Gasteiger partial charge in [-0.3, -0.25) is 4.79 Å². The molecule has 0 aliphatic heterocycles. The molecule has 0 spiro atoms. The van der Waals surface area contributed by atoms with Gasteiger partial charge in [0.25, 0.3) is 0 Å². The molecule has 1 amide bonds. The van der Waals surface area contributed by atoms with Gasteiger partial charge in [0, 0.05) is 13.1 Å². The Morgan fingerprint density at radius 1 is 1.53 bits per heavy atom. The zero-order chi connectivity index (χ0) is 13.3. The topological polar surface area (TPSA) is 64.3 Å². The summed E-state index contributed by atoms with van der Waals surface area (Å²) in [7, 11) is 0. The number of ether oxygens (including phenoxy) is 1. The van der Waals surface area contributed by atoms with E-state index in [1.165, 1.54) is 6.26 Å². The van der Waals surface area contributed by atoms with Gasteiger partial charge in [0.05, 0.1) is 18.8 Å². The van der Waals surface area contributed by atoms with E-state index in [1.807, 2.05) is 0 Å². The van der Waals surface area contributed by atoms with E-state index in [0.29, 0.717) is 19.7 Å². The molecule has 0 fully saturated rings. The molecule has 1 unspecified atom stereocenters. The maximum absolute atomic E-state index is 11.8. The van der Waals surface area contributed by atoms with Gasteiger partial charge >= 0.3 is 0 Å². The molecule has 0 saturated carbocycles. The van der Waals surface area contributed by atoms with Gasteiger partial charge in [-0.2, -0.15) is 0 Å². The Morgan fingerprint density at radius 3 is 2.65 bits per heavy atom. The molecular weight excluding hydrogens is 216 g/mol. The first-order valence-electron chi connectivity index (χ1n) is 6.11. The van der Waals surface area contributed by atoms with Crippen LogP contribution >= 0.6 is 0 Å². The van der Waals surface area contributed by atoms with E-state index in [0.717, 1.165) is 12.8 Å². The molecule has 4 nitrogen and oxygen atoms in total. The van der Waals surface area contributed by atoms with Gasteiger partial charge in [-0.25, -0.2) is 0 Å². The average Bonchev–Trinajstić information content (AvgIpc) is 2.24. The molecule has 100 valence electrons. The molecule has 0 aromatic carbocycles.